The van der Waals surface area contributed by atoms with Crippen molar-refractivity contribution in [1.29, 1.82) is 0 Å². The van der Waals surface area contributed by atoms with E-state index in [1.165, 1.54) is 18.2 Å². The van der Waals surface area contributed by atoms with Crippen molar-refractivity contribution < 1.29 is 17.6 Å². The quantitative estimate of drug-likeness (QED) is 0.672. The van der Waals surface area contributed by atoms with E-state index in [2.05, 4.69) is 0 Å². The SMILES string of the molecule is CCC(N)(c1ccccc1F)c1ccc(F)c(F)c1F. The van der Waals surface area contributed by atoms with Gasteiger partial charge < -0.3 is 5.73 Å². The van der Waals surface area contributed by atoms with Crippen LogP contribution in [0.5, 0.6) is 0 Å². The van der Waals surface area contributed by atoms with E-state index in [1.54, 1.807) is 13.0 Å². The second-order valence-electron chi connectivity index (χ2n) is 4.53. The van der Waals surface area contributed by atoms with E-state index < -0.39 is 28.8 Å². The number of nitrogens with two attached hydrogens (primary N) is 1. The molecule has 2 aromatic rings. The van der Waals surface area contributed by atoms with Crippen molar-refractivity contribution in [2.45, 2.75) is 18.9 Å². The Bertz CT molecular complexity index is 642. The molecule has 2 aromatic carbocycles. The van der Waals surface area contributed by atoms with Gasteiger partial charge in [-0.3, -0.25) is 0 Å². The number of benzene rings is 2. The lowest BCUT2D eigenvalue weighted by Gasteiger charge is -2.30. The average Bonchev–Trinajstić information content (AvgIpc) is 2.44. The fourth-order valence-electron chi connectivity index (χ4n) is 2.22. The van der Waals surface area contributed by atoms with Crippen LogP contribution in [-0.4, -0.2) is 0 Å². The first kappa shape index (κ1) is 14.5. The largest absolute Gasteiger partial charge is 0.318 e. The molecule has 0 aromatic heterocycles. The fraction of sp³-hybridized carbons (Fsp3) is 0.200. The summed E-state index contributed by atoms with van der Waals surface area (Å²) in [5.74, 6) is -4.93. The molecule has 0 heterocycles. The van der Waals surface area contributed by atoms with Crippen LogP contribution in [-0.2, 0) is 5.54 Å². The maximum Gasteiger partial charge on any atom is 0.194 e. The fourth-order valence-corrected chi connectivity index (χ4v) is 2.22. The van der Waals surface area contributed by atoms with E-state index in [0.29, 0.717) is 0 Å². The van der Waals surface area contributed by atoms with E-state index in [0.717, 1.165) is 12.1 Å². The van der Waals surface area contributed by atoms with Gasteiger partial charge in [0.05, 0.1) is 5.54 Å². The standard InChI is InChI=1S/C15H13F4N/c1-2-15(20,9-5-3-4-6-11(9)16)10-7-8-12(17)14(19)13(10)18/h3-8H,2,20H2,1H3. The summed E-state index contributed by atoms with van der Waals surface area (Å²) in [7, 11) is 0. The van der Waals surface area contributed by atoms with Crippen LogP contribution in [0, 0.1) is 23.3 Å². The maximum absolute atomic E-state index is 13.9. The van der Waals surface area contributed by atoms with Crippen LogP contribution >= 0.6 is 0 Å². The average molecular weight is 283 g/mol. The highest BCUT2D eigenvalue weighted by Crippen LogP contribution is 2.34. The van der Waals surface area contributed by atoms with Crippen molar-refractivity contribution in [3.05, 3.63) is 70.8 Å². The van der Waals surface area contributed by atoms with Gasteiger partial charge in [0.2, 0.25) is 0 Å². The minimum Gasteiger partial charge on any atom is -0.318 e. The third-order valence-electron chi connectivity index (χ3n) is 3.43. The first-order valence-electron chi connectivity index (χ1n) is 6.09. The molecular formula is C15H13F4N. The summed E-state index contributed by atoms with van der Waals surface area (Å²) >= 11 is 0. The van der Waals surface area contributed by atoms with Gasteiger partial charge in [0.1, 0.15) is 5.82 Å². The molecule has 2 rings (SSSR count). The van der Waals surface area contributed by atoms with Crippen LogP contribution < -0.4 is 5.73 Å². The molecule has 0 radical (unpaired) electrons. The highest BCUT2D eigenvalue weighted by molar-refractivity contribution is 5.39. The molecule has 0 saturated heterocycles. The minimum absolute atomic E-state index is 0.0346. The van der Waals surface area contributed by atoms with Gasteiger partial charge in [-0.1, -0.05) is 31.2 Å². The predicted octanol–water partition coefficient (Wildman–Crippen LogP) is 3.86. The first-order chi connectivity index (χ1) is 9.41. The molecule has 0 saturated carbocycles. The Morgan fingerprint density at radius 2 is 1.50 bits per heavy atom. The van der Waals surface area contributed by atoms with Crippen LogP contribution in [0.1, 0.15) is 24.5 Å². The molecule has 0 aliphatic rings. The molecule has 5 heteroatoms. The van der Waals surface area contributed by atoms with E-state index in [4.69, 9.17) is 5.73 Å². The van der Waals surface area contributed by atoms with Crippen molar-refractivity contribution in [3.63, 3.8) is 0 Å². The predicted molar refractivity (Wildman–Crippen MR) is 68.0 cm³/mol. The van der Waals surface area contributed by atoms with Gasteiger partial charge in [0.25, 0.3) is 0 Å². The number of hydrogen-bond donors (Lipinski definition) is 1. The van der Waals surface area contributed by atoms with Crippen molar-refractivity contribution in [1.82, 2.24) is 0 Å². The molecule has 1 unspecified atom stereocenters. The second-order valence-corrected chi connectivity index (χ2v) is 4.53. The van der Waals surface area contributed by atoms with Gasteiger partial charge in [0, 0.05) is 11.1 Å². The van der Waals surface area contributed by atoms with Gasteiger partial charge in [-0.2, -0.15) is 0 Å². The Hall–Kier alpha value is -1.88. The van der Waals surface area contributed by atoms with Gasteiger partial charge in [0.15, 0.2) is 17.5 Å². The van der Waals surface area contributed by atoms with Gasteiger partial charge >= 0.3 is 0 Å². The summed E-state index contributed by atoms with van der Waals surface area (Å²) in [5, 5.41) is 0. The number of halogens is 4. The molecular weight excluding hydrogens is 270 g/mol. The lowest BCUT2D eigenvalue weighted by Crippen LogP contribution is -2.39. The summed E-state index contributed by atoms with van der Waals surface area (Å²) in [6.45, 7) is 1.62. The first-order valence-corrected chi connectivity index (χ1v) is 6.09. The molecule has 0 amide bonds. The van der Waals surface area contributed by atoms with Crippen molar-refractivity contribution >= 4 is 0 Å². The zero-order valence-corrected chi connectivity index (χ0v) is 10.8. The van der Waals surface area contributed by atoms with E-state index in [-0.39, 0.29) is 17.5 Å². The number of rotatable bonds is 3. The van der Waals surface area contributed by atoms with Crippen molar-refractivity contribution in [3.8, 4) is 0 Å². The molecule has 0 spiro atoms. The third kappa shape index (κ3) is 2.18. The van der Waals surface area contributed by atoms with Crippen LogP contribution in [0.4, 0.5) is 17.6 Å². The second kappa shape index (κ2) is 5.25. The van der Waals surface area contributed by atoms with E-state index in [1.807, 2.05) is 0 Å². The Labute approximate surface area is 114 Å². The summed E-state index contributed by atoms with van der Waals surface area (Å²) in [6.07, 6.45) is 0.121. The molecule has 0 aliphatic heterocycles. The Morgan fingerprint density at radius 3 is 2.10 bits per heavy atom. The highest BCUT2D eigenvalue weighted by Gasteiger charge is 2.34. The molecule has 1 nitrogen and oxygen atoms in total. The van der Waals surface area contributed by atoms with Crippen LogP contribution in [0.25, 0.3) is 0 Å². The maximum atomic E-state index is 13.9. The summed E-state index contributed by atoms with van der Waals surface area (Å²) in [6, 6.07) is 7.43. The molecule has 20 heavy (non-hydrogen) atoms. The van der Waals surface area contributed by atoms with E-state index in [9.17, 15) is 17.6 Å². The van der Waals surface area contributed by atoms with Crippen molar-refractivity contribution in [2.24, 2.45) is 5.73 Å². The Morgan fingerprint density at radius 1 is 0.850 bits per heavy atom. The monoisotopic (exact) mass is 283 g/mol. The summed E-state index contributed by atoms with van der Waals surface area (Å²) in [5.41, 5.74) is 4.29. The molecule has 1 atom stereocenters. The Balaban J connectivity index is 2.69. The normalized spacial score (nSPS) is 14.1. The van der Waals surface area contributed by atoms with Gasteiger partial charge in [-0.25, -0.2) is 17.6 Å². The zero-order chi connectivity index (χ0) is 14.9. The van der Waals surface area contributed by atoms with Gasteiger partial charge in [-0.05, 0) is 18.6 Å². The van der Waals surface area contributed by atoms with E-state index >= 15 is 0 Å². The van der Waals surface area contributed by atoms with Crippen molar-refractivity contribution in [2.75, 3.05) is 0 Å². The minimum atomic E-state index is -1.61. The lowest BCUT2D eigenvalue weighted by molar-refractivity contribution is 0.406. The molecule has 0 aliphatic carbocycles. The molecule has 106 valence electrons. The molecule has 0 fully saturated rings. The van der Waals surface area contributed by atoms with Gasteiger partial charge in [-0.15, -0.1) is 0 Å². The Kier molecular flexibility index (Phi) is 3.81. The summed E-state index contributed by atoms with van der Waals surface area (Å²) < 4.78 is 54.2. The smallest absolute Gasteiger partial charge is 0.194 e. The van der Waals surface area contributed by atoms with Crippen LogP contribution in [0.15, 0.2) is 36.4 Å². The molecule has 2 N–H and O–H groups in total. The number of hydrogen-bond acceptors (Lipinski definition) is 1. The molecule has 0 bridgehead atoms. The zero-order valence-electron chi connectivity index (χ0n) is 10.8. The third-order valence-corrected chi connectivity index (χ3v) is 3.43. The lowest BCUT2D eigenvalue weighted by atomic mass is 9.81. The van der Waals surface area contributed by atoms with Crippen LogP contribution in [0.2, 0.25) is 0 Å². The highest BCUT2D eigenvalue weighted by atomic mass is 19.2. The van der Waals surface area contributed by atoms with Crippen LogP contribution in [0.3, 0.4) is 0 Å². The summed E-state index contributed by atoms with van der Waals surface area (Å²) in [4.78, 5) is 0. The topological polar surface area (TPSA) is 26.0 Å².